The van der Waals surface area contributed by atoms with Crippen molar-refractivity contribution < 1.29 is 9.59 Å². The number of carbonyl (C=O) groups is 2. The summed E-state index contributed by atoms with van der Waals surface area (Å²) < 4.78 is 0. The molecule has 102 valence electrons. The Morgan fingerprint density at radius 3 is 2.40 bits per heavy atom. The molecule has 3 rings (SSSR count). The minimum absolute atomic E-state index is 0.271. The Hall–Kier alpha value is -2.40. The SMILES string of the molecule is NCCCN1C(=O)c2cccc3c(N)ccc(c23)C1=O. The summed E-state index contributed by atoms with van der Waals surface area (Å²) in [5, 5.41) is 1.41. The second kappa shape index (κ2) is 4.61. The van der Waals surface area contributed by atoms with Crippen LogP contribution in [0.4, 0.5) is 5.69 Å². The summed E-state index contributed by atoms with van der Waals surface area (Å²) in [6.07, 6.45) is 0.595. The molecule has 0 atom stereocenters. The van der Waals surface area contributed by atoms with E-state index in [2.05, 4.69) is 0 Å². The number of nitrogen functional groups attached to an aromatic ring is 1. The summed E-state index contributed by atoms with van der Waals surface area (Å²) in [6, 6.07) is 8.73. The molecule has 2 aromatic rings. The van der Waals surface area contributed by atoms with Gasteiger partial charge in [-0.2, -0.15) is 0 Å². The Morgan fingerprint density at radius 2 is 1.70 bits per heavy atom. The molecule has 0 radical (unpaired) electrons. The number of anilines is 1. The van der Waals surface area contributed by atoms with Gasteiger partial charge in [-0.3, -0.25) is 14.5 Å². The molecular weight excluding hydrogens is 254 g/mol. The first-order valence-electron chi connectivity index (χ1n) is 6.52. The van der Waals surface area contributed by atoms with Crippen LogP contribution in [0.5, 0.6) is 0 Å². The second-order valence-electron chi connectivity index (χ2n) is 4.83. The van der Waals surface area contributed by atoms with Crippen LogP contribution in [0.2, 0.25) is 0 Å². The van der Waals surface area contributed by atoms with Gasteiger partial charge in [0, 0.05) is 34.1 Å². The van der Waals surface area contributed by atoms with Gasteiger partial charge >= 0.3 is 0 Å². The smallest absolute Gasteiger partial charge is 0.261 e. The lowest BCUT2D eigenvalue weighted by atomic mass is 9.93. The third-order valence-electron chi connectivity index (χ3n) is 3.61. The van der Waals surface area contributed by atoms with Gasteiger partial charge in [0.15, 0.2) is 0 Å². The molecule has 0 aliphatic carbocycles. The Morgan fingerprint density at radius 1 is 1.00 bits per heavy atom. The lowest BCUT2D eigenvalue weighted by Crippen LogP contribution is -2.41. The van der Waals surface area contributed by atoms with Crippen molar-refractivity contribution in [3.63, 3.8) is 0 Å². The van der Waals surface area contributed by atoms with E-state index in [1.807, 2.05) is 6.07 Å². The van der Waals surface area contributed by atoms with Gasteiger partial charge in [0.05, 0.1) is 0 Å². The number of hydrogen-bond acceptors (Lipinski definition) is 4. The minimum Gasteiger partial charge on any atom is -0.398 e. The molecule has 4 N–H and O–H groups in total. The van der Waals surface area contributed by atoms with Crippen LogP contribution in [-0.2, 0) is 0 Å². The van der Waals surface area contributed by atoms with Gasteiger partial charge in [-0.25, -0.2) is 0 Å². The average Bonchev–Trinajstić information content (AvgIpc) is 2.46. The van der Waals surface area contributed by atoms with Crippen molar-refractivity contribution in [2.75, 3.05) is 18.8 Å². The third kappa shape index (κ3) is 1.67. The fourth-order valence-electron chi connectivity index (χ4n) is 2.62. The predicted octanol–water partition coefficient (Wildman–Crippen LogP) is 1.37. The number of benzene rings is 2. The van der Waals surface area contributed by atoms with Crippen LogP contribution in [0, 0.1) is 0 Å². The van der Waals surface area contributed by atoms with Crippen molar-refractivity contribution in [2.24, 2.45) is 5.73 Å². The molecule has 1 heterocycles. The molecule has 0 spiro atoms. The zero-order valence-corrected chi connectivity index (χ0v) is 10.9. The number of amides is 2. The number of imide groups is 1. The van der Waals surface area contributed by atoms with E-state index in [-0.39, 0.29) is 11.8 Å². The van der Waals surface area contributed by atoms with Crippen LogP contribution < -0.4 is 11.5 Å². The van der Waals surface area contributed by atoms with E-state index in [1.54, 1.807) is 24.3 Å². The van der Waals surface area contributed by atoms with Gasteiger partial charge in [0.25, 0.3) is 11.8 Å². The van der Waals surface area contributed by atoms with Crippen molar-refractivity contribution in [3.05, 3.63) is 41.5 Å². The van der Waals surface area contributed by atoms with E-state index in [0.29, 0.717) is 41.7 Å². The monoisotopic (exact) mass is 269 g/mol. The van der Waals surface area contributed by atoms with E-state index >= 15 is 0 Å². The molecule has 1 aliphatic rings. The number of nitrogens with two attached hydrogens (primary N) is 2. The maximum absolute atomic E-state index is 12.5. The zero-order valence-electron chi connectivity index (χ0n) is 10.9. The first kappa shape index (κ1) is 12.6. The minimum atomic E-state index is -0.271. The predicted molar refractivity (Wildman–Crippen MR) is 77.4 cm³/mol. The summed E-state index contributed by atoms with van der Waals surface area (Å²) in [5.74, 6) is -0.542. The number of hydrogen-bond donors (Lipinski definition) is 2. The Balaban J connectivity index is 2.23. The molecule has 0 unspecified atom stereocenters. The molecule has 0 bridgehead atoms. The van der Waals surface area contributed by atoms with Crippen LogP contribution in [0.3, 0.4) is 0 Å². The summed E-state index contributed by atoms with van der Waals surface area (Å²) in [7, 11) is 0. The average molecular weight is 269 g/mol. The Kier molecular flexibility index (Phi) is 2.91. The van der Waals surface area contributed by atoms with Crippen LogP contribution in [0.15, 0.2) is 30.3 Å². The molecule has 5 nitrogen and oxygen atoms in total. The van der Waals surface area contributed by atoms with Gasteiger partial charge in [-0.1, -0.05) is 12.1 Å². The summed E-state index contributed by atoms with van der Waals surface area (Å²) in [6.45, 7) is 0.782. The first-order valence-corrected chi connectivity index (χ1v) is 6.52. The van der Waals surface area contributed by atoms with E-state index in [0.717, 1.165) is 5.39 Å². The van der Waals surface area contributed by atoms with Crippen molar-refractivity contribution in [1.82, 2.24) is 4.90 Å². The maximum atomic E-state index is 12.5. The maximum Gasteiger partial charge on any atom is 0.261 e. The Bertz CT molecular complexity index is 702. The normalized spacial score (nSPS) is 14.2. The van der Waals surface area contributed by atoms with Crippen molar-refractivity contribution in [3.8, 4) is 0 Å². The molecule has 2 amide bonds. The molecule has 1 aliphatic heterocycles. The molecular formula is C15H15N3O2. The largest absolute Gasteiger partial charge is 0.398 e. The lowest BCUT2D eigenvalue weighted by Gasteiger charge is -2.27. The number of rotatable bonds is 3. The fraction of sp³-hybridized carbons (Fsp3) is 0.200. The van der Waals surface area contributed by atoms with E-state index < -0.39 is 0 Å². The molecule has 20 heavy (non-hydrogen) atoms. The van der Waals surface area contributed by atoms with Crippen LogP contribution in [0.1, 0.15) is 27.1 Å². The lowest BCUT2D eigenvalue weighted by molar-refractivity contribution is 0.0610. The van der Waals surface area contributed by atoms with Gasteiger partial charge in [0.2, 0.25) is 0 Å². The second-order valence-corrected chi connectivity index (χ2v) is 4.83. The van der Waals surface area contributed by atoms with Gasteiger partial charge in [-0.15, -0.1) is 0 Å². The highest BCUT2D eigenvalue weighted by atomic mass is 16.2. The standard InChI is InChI=1S/C15H15N3O2/c16-7-2-8-18-14(19)10-4-1-3-9-12(17)6-5-11(13(9)10)15(18)20/h1,3-6H,2,7-8,16-17H2. The molecule has 0 saturated heterocycles. The van der Waals surface area contributed by atoms with Crippen LogP contribution >= 0.6 is 0 Å². The molecule has 0 saturated carbocycles. The van der Waals surface area contributed by atoms with Crippen molar-refractivity contribution in [2.45, 2.75) is 6.42 Å². The molecule has 0 aromatic heterocycles. The van der Waals surface area contributed by atoms with Gasteiger partial charge in [0.1, 0.15) is 0 Å². The third-order valence-corrected chi connectivity index (χ3v) is 3.61. The molecule has 2 aromatic carbocycles. The quantitative estimate of drug-likeness (QED) is 0.650. The number of nitrogens with zero attached hydrogens (tertiary/aromatic N) is 1. The van der Waals surface area contributed by atoms with Crippen molar-refractivity contribution >= 4 is 28.3 Å². The molecule has 0 fully saturated rings. The van der Waals surface area contributed by atoms with E-state index in [9.17, 15) is 9.59 Å². The van der Waals surface area contributed by atoms with Crippen LogP contribution in [-0.4, -0.2) is 29.8 Å². The van der Waals surface area contributed by atoms with Gasteiger partial charge < -0.3 is 11.5 Å². The molecule has 5 heteroatoms. The summed E-state index contributed by atoms with van der Waals surface area (Å²) in [5.41, 5.74) is 13.0. The first-order chi connectivity index (χ1) is 9.65. The Labute approximate surface area is 116 Å². The van der Waals surface area contributed by atoms with E-state index in [4.69, 9.17) is 11.5 Å². The topological polar surface area (TPSA) is 89.4 Å². The fourth-order valence-corrected chi connectivity index (χ4v) is 2.62. The summed E-state index contributed by atoms with van der Waals surface area (Å²) in [4.78, 5) is 26.2. The summed E-state index contributed by atoms with van der Waals surface area (Å²) >= 11 is 0. The van der Waals surface area contributed by atoms with Gasteiger partial charge in [-0.05, 0) is 31.2 Å². The van der Waals surface area contributed by atoms with E-state index in [1.165, 1.54) is 4.90 Å². The highest BCUT2D eigenvalue weighted by Gasteiger charge is 2.32. The van der Waals surface area contributed by atoms with Crippen molar-refractivity contribution in [1.29, 1.82) is 0 Å². The highest BCUT2D eigenvalue weighted by molar-refractivity contribution is 6.26. The number of carbonyl (C=O) groups excluding carboxylic acids is 2. The highest BCUT2D eigenvalue weighted by Crippen LogP contribution is 2.33. The zero-order chi connectivity index (χ0) is 14.3. The van der Waals surface area contributed by atoms with Crippen LogP contribution in [0.25, 0.3) is 10.8 Å².